The lowest BCUT2D eigenvalue weighted by Gasteiger charge is -2.40. The standard InChI is InChI=1S/C25H25I2NO2/c1-3-4-5-11-25(2)22-17-8-7-16(26)13-15(17)6-9-20(22)28-12-10-21-18(23(25)28)14-19(27)24(29)30-21/h6-9,13-14,21H,3-5,10-12H2,1-2H3. The third-order valence-corrected chi connectivity index (χ3v) is 8.26. The number of hydrogen-bond donors (Lipinski definition) is 0. The molecule has 3 nitrogen and oxygen atoms in total. The Morgan fingerprint density at radius 1 is 1.20 bits per heavy atom. The summed E-state index contributed by atoms with van der Waals surface area (Å²) in [5.41, 5.74) is 5.28. The van der Waals surface area contributed by atoms with Gasteiger partial charge in [-0.15, -0.1) is 0 Å². The highest BCUT2D eigenvalue weighted by atomic mass is 127. The molecule has 156 valence electrons. The van der Waals surface area contributed by atoms with Crippen molar-refractivity contribution in [3.63, 3.8) is 0 Å². The van der Waals surface area contributed by atoms with E-state index in [-0.39, 0.29) is 17.5 Å². The number of hydrogen-bond acceptors (Lipinski definition) is 3. The van der Waals surface area contributed by atoms with Gasteiger partial charge >= 0.3 is 5.97 Å². The van der Waals surface area contributed by atoms with Crippen LogP contribution in [0.4, 0.5) is 5.69 Å². The molecule has 0 amide bonds. The zero-order valence-corrected chi connectivity index (χ0v) is 21.6. The molecule has 0 radical (unpaired) electrons. The molecule has 0 N–H and O–H groups in total. The zero-order valence-electron chi connectivity index (χ0n) is 17.3. The molecule has 0 saturated carbocycles. The first-order chi connectivity index (χ1) is 14.4. The van der Waals surface area contributed by atoms with Crippen LogP contribution < -0.4 is 4.90 Å². The van der Waals surface area contributed by atoms with Crippen LogP contribution in [0, 0.1) is 3.57 Å². The number of nitrogens with zero attached hydrogens (tertiary/aromatic N) is 1. The average molecular weight is 625 g/mol. The summed E-state index contributed by atoms with van der Waals surface area (Å²) in [7, 11) is 0. The molecule has 30 heavy (non-hydrogen) atoms. The van der Waals surface area contributed by atoms with Crippen LogP contribution in [0.25, 0.3) is 10.8 Å². The van der Waals surface area contributed by atoms with E-state index in [1.165, 1.54) is 56.1 Å². The number of anilines is 1. The van der Waals surface area contributed by atoms with Gasteiger partial charge in [-0.1, -0.05) is 38.3 Å². The van der Waals surface area contributed by atoms with E-state index in [9.17, 15) is 4.79 Å². The SMILES string of the molecule is CCCCCC1(C)C2=C3C=C(I)C(=O)OC3CCN2c2ccc3cc(I)ccc3c21. The van der Waals surface area contributed by atoms with E-state index < -0.39 is 0 Å². The van der Waals surface area contributed by atoms with Gasteiger partial charge in [-0.2, -0.15) is 0 Å². The second kappa shape index (κ2) is 7.80. The summed E-state index contributed by atoms with van der Waals surface area (Å²) >= 11 is 4.52. The predicted molar refractivity (Wildman–Crippen MR) is 139 cm³/mol. The summed E-state index contributed by atoms with van der Waals surface area (Å²) in [5, 5.41) is 2.67. The number of halogens is 2. The molecule has 2 aromatic carbocycles. The fourth-order valence-corrected chi connectivity index (χ4v) is 6.51. The molecule has 0 fully saturated rings. The van der Waals surface area contributed by atoms with E-state index >= 15 is 0 Å². The minimum absolute atomic E-state index is 0.0814. The maximum Gasteiger partial charge on any atom is 0.344 e. The molecular weight excluding hydrogens is 600 g/mol. The highest BCUT2D eigenvalue weighted by Crippen LogP contribution is 2.56. The first kappa shape index (κ1) is 20.8. The topological polar surface area (TPSA) is 29.5 Å². The molecule has 2 unspecified atom stereocenters. The number of rotatable bonds is 4. The highest BCUT2D eigenvalue weighted by molar-refractivity contribution is 14.1. The van der Waals surface area contributed by atoms with Crippen molar-refractivity contribution >= 4 is 67.6 Å². The monoisotopic (exact) mass is 625 g/mol. The first-order valence-electron chi connectivity index (χ1n) is 10.8. The molecule has 0 saturated heterocycles. The number of allylic oxidation sites excluding steroid dienone is 1. The molecular formula is C25H25I2NO2. The Balaban J connectivity index is 1.78. The summed E-state index contributed by atoms with van der Waals surface area (Å²) in [6.45, 7) is 5.58. The Morgan fingerprint density at radius 3 is 2.83 bits per heavy atom. The molecule has 2 aromatic rings. The number of carbonyl (C=O) groups is 1. The summed E-state index contributed by atoms with van der Waals surface area (Å²) < 4.78 is 7.78. The third kappa shape index (κ3) is 3.14. The largest absolute Gasteiger partial charge is 0.453 e. The molecule has 0 aliphatic carbocycles. The Morgan fingerprint density at radius 2 is 2.03 bits per heavy atom. The molecule has 0 bridgehead atoms. The zero-order chi connectivity index (χ0) is 21.0. The van der Waals surface area contributed by atoms with E-state index in [2.05, 4.69) is 100 Å². The van der Waals surface area contributed by atoms with Gasteiger partial charge in [0.15, 0.2) is 0 Å². The van der Waals surface area contributed by atoms with E-state index in [1.807, 2.05) is 0 Å². The minimum Gasteiger partial charge on any atom is -0.453 e. The van der Waals surface area contributed by atoms with Gasteiger partial charge in [0.25, 0.3) is 0 Å². The number of ether oxygens (including phenoxy) is 1. The quantitative estimate of drug-likeness (QED) is 0.208. The Kier molecular flexibility index (Phi) is 5.40. The molecule has 3 aliphatic heterocycles. The van der Waals surface area contributed by atoms with E-state index in [0.29, 0.717) is 3.58 Å². The Labute approximate surface area is 205 Å². The fraction of sp³-hybridized carbons (Fsp3) is 0.400. The number of benzene rings is 2. The molecule has 2 atom stereocenters. The van der Waals surface area contributed by atoms with Crippen LogP contribution in [-0.2, 0) is 14.9 Å². The van der Waals surface area contributed by atoms with Gasteiger partial charge in [0.05, 0.1) is 3.58 Å². The van der Waals surface area contributed by atoms with Crippen LogP contribution in [0.15, 0.2) is 51.3 Å². The number of carbonyl (C=O) groups excluding carboxylic acids is 1. The molecule has 0 spiro atoms. The molecule has 0 aromatic heterocycles. The average Bonchev–Trinajstić information content (AvgIpc) is 2.98. The summed E-state index contributed by atoms with van der Waals surface area (Å²) in [6, 6.07) is 11.4. The molecule has 3 heterocycles. The van der Waals surface area contributed by atoms with Crippen molar-refractivity contribution in [1.82, 2.24) is 0 Å². The third-order valence-electron chi connectivity index (χ3n) is 6.84. The maximum absolute atomic E-state index is 12.2. The Bertz CT molecular complexity index is 1120. The van der Waals surface area contributed by atoms with Crippen LogP contribution in [0.5, 0.6) is 0 Å². The molecule has 5 heteroatoms. The lowest BCUT2D eigenvalue weighted by atomic mass is 9.73. The minimum atomic E-state index is -0.179. The van der Waals surface area contributed by atoms with Crippen LogP contribution in [0.1, 0.15) is 51.5 Å². The number of fused-ring (bicyclic) bond motifs is 6. The van der Waals surface area contributed by atoms with Gasteiger partial charge in [0, 0.05) is 38.9 Å². The van der Waals surface area contributed by atoms with Crippen molar-refractivity contribution in [2.75, 3.05) is 11.4 Å². The highest BCUT2D eigenvalue weighted by Gasteiger charge is 2.49. The van der Waals surface area contributed by atoms with E-state index in [0.717, 1.165) is 19.4 Å². The first-order valence-corrected chi connectivity index (χ1v) is 12.9. The maximum atomic E-state index is 12.2. The van der Waals surface area contributed by atoms with Gasteiger partial charge in [-0.25, -0.2) is 4.79 Å². The lowest BCUT2D eigenvalue weighted by molar-refractivity contribution is -0.142. The van der Waals surface area contributed by atoms with Crippen LogP contribution in [-0.4, -0.2) is 18.6 Å². The number of esters is 1. The van der Waals surface area contributed by atoms with Crippen LogP contribution in [0.2, 0.25) is 0 Å². The fourth-order valence-electron chi connectivity index (χ4n) is 5.53. The molecule has 3 aliphatic rings. The van der Waals surface area contributed by atoms with Crippen molar-refractivity contribution in [3.05, 3.63) is 60.4 Å². The van der Waals surface area contributed by atoms with Crippen LogP contribution in [0.3, 0.4) is 0 Å². The van der Waals surface area contributed by atoms with E-state index in [1.54, 1.807) is 0 Å². The van der Waals surface area contributed by atoms with Gasteiger partial charge in [0.2, 0.25) is 0 Å². The number of unbranched alkanes of at least 4 members (excludes halogenated alkanes) is 2. The normalized spacial score (nSPS) is 25.1. The Hall–Kier alpha value is -1.09. The van der Waals surface area contributed by atoms with Crippen molar-refractivity contribution in [3.8, 4) is 0 Å². The van der Waals surface area contributed by atoms with Crippen LogP contribution >= 0.6 is 45.2 Å². The van der Waals surface area contributed by atoms with Crippen molar-refractivity contribution in [2.24, 2.45) is 0 Å². The second-order valence-corrected chi connectivity index (χ2v) is 11.2. The van der Waals surface area contributed by atoms with Crippen molar-refractivity contribution in [1.29, 1.82) is 0 Å². The smallest absolute Gasteiger partial charge is 0.344 e. The van der Waals surface area contributed by atoms with Gasteiger partial charge in [-0.05, 0) is 99.1 Å². The van der Waals surface area contributed by atoms with E-state index in [4.69, 9.17) is 4.74 Å². The van der Waals surface area contributed by atoms with Gasteiger partial charge in [0.1, 0.15) is 6.10 Å². The van der Waals surface area contributed by atoms with Gasteiger partial charge in [-0.3, -0.25) is 0 Å². The van der Waals surface area contributed by atoms with Crippen molar-refractivity contribution in [2.45, 2.75) is 57.5 Å². The summed E-state index contributed by atoms with van der Waals surface area (Å²) in [6.07, 6.45) is 7.58. The van der Waals surface area contributed by atoms with Gasteiger partial charge < -0.3 is 9.64 Å². The predicted octanol–water partition coefficient (Wildman–Crippen LogP) is 7.00. The van der Waals surface area contributed by atoms with Crippen molar-refractivity contribution < 1.29 is 9.53 Å². The lowest BCUT2D eigenvalue weighted by Crippen LogP contribution is -2.41. The molecule has 5 rings (SSSR count). The summed E-state index contributed by atoms with van der Waals surface area (Å²) in [5.74, 6) is -0.179. The summed E-state index contributed by atoms with van der Waals surface area (Å²) in [4.78, 5) is 14.7. The second-order valence-electron chi connectivity index (χ2n) is 8.74.